The molecule has 0 N–H and O–H groups in total. The van der Waals surface area contributed by atoms with E-state index in [0.717, 1.165) is 0 Å². The van der Waals surface area contributed by atoms with Crippen molar-refractivity contribution in [2.75, 3.05) is 93.5 Å². The molecule has 0 fully saturated rings. The van der Waals surface area contributed by atoms with Crippen LogP contribution < -0.4 is 9.47 Å². The Bertz CT molecular complexity index is 2380. The summed E-state index contributed by atoms with van der Waals surface area (Å²) in [6, 6.07) is 25.3. The molecule has 0 spiro atoms. The summed E-state index contributed by atoms with van der Waals surface area (Å²) in [5.74, 6) is -16.9. The van der Waals surface area contributed by atoms with Crippen LogP contribution in [0, 0.1) is 0 Å². The van der Waals surface area contributed by atoms with Crippen LogP contribution in [0.5, 0.6) is 11.5 Å². The largest absolute Gasteiger partial charge is 0.491 e. The van der Waals surface area contributed by atoms with Crippen LogP contribution in [0.1, 0.15) is 33.8 Å². The van der Waals surface area contributed by atoms with E-state index in [-0.39, 0.29) is 71.4 Å². The van der Waals surface area contributed by atoms with Gasteiger partial charge in [0, 0.05) is 59.4 Å². The number of ether oxygens (including phenoxy) is 8. The summed E-state index contributed by atoms with van der Waals surface area (Å²) in [7, 11) is 3.14. The summed E-state index contributed by atoms with van der Waals surface area (Å²) in [5, 5.41) is -0.227. The van der Waals surface area contributed by atoms with Crippen molar-refractivity contribution in [3.8, 4) is 11.5 Å². The minimum absolute atomic E-state index is 0.0686. The van der Waals surface area contributed by atoms with Crippen molar-refractivity contribution in [3.05, 3.63) is 131 Å². The molecule has 8 rings (SSSR count). The van der Waals surface area contributed by atoms with Gasteiger partial charge in [-0.3, -0.25) is 0 Å². The molecule has 6 aromatic rings. The monoisotopic (exact) mass is 896 g/mol. The van der Waals surface area contributed by atoms with Gasteiger partial charge in [0.05, 0.1) is 66.1 Å². The van der Waals surface area contributed by atoms with E-state index >= 15 is 26.3 Å². The molecule has 0 aliphatic heterocycles. The van der Waals surface area contributed by atoms with Gasteiger partial charge in [0.25, 0.3) is 0 Å². The quantitative estimate of drug-likeness (QED) is 0.0484. The van der Waals surface area contributed by atoms with Crippen molar-refractivity contribution in [3.63, 3.8) is 0 Å². The molecule has 0 saturated carbocycles. The fourth-order valence-corrected chi connectivity index (χ4v) is 8.28. The second kappa shape index (κ2) is 19.0. The number of halogens is 6. The molecule has 4 aromatic carbocycles. The molecule has 0 bridgehead atoms. The van der Waals surface area contributed by atoms with Gasteiger partial charge in [-0.25, -0.2) is 0 Å². The SMILES string of the molecule is COCCOCCOCCOc1ccc2c3c(oc2c1)C(c1ccccc1)(c1ccccc1)c1oc2cc(OCCOCCOCCOC)ccc2c1C1=C3C(F)(F)C(F)(F)C1(F)F. The van der Waals surface area contributed by atoms with Gasteiger partial charge in [-0.15, -0.1) is 0 Å². The average Bonchev–Trinajstić information content (AvgIpc) is 3.85. The molecule has 10 nitrogen and oxygen atoms in total. The minimum atomic E-state index is -5.86. The van der Waals surface area contributed by atoms with Gasteiger partial charge in [-0.1, -0.05) is 60.7 Å². The highest BCUT2D eigenvalue weighted by Gasteiger charge is 2.82. The van der Waals surface area contributed by atoms with E-state index in [0.29, 0.717) is 64.0 Å². The van der Waals surface area contributed by atoms with Crippen LogP contribution in [0.4, 0.5) is 26.3 Å². The van der Waals surface area contributed by atoms with Gasteiger partial charge in [0.15, 0.2) is 0 Å². The fourth-order valence-electron chi connectivity index (χ4n) is 8.28. The summed E-state index contributed by atoms with van der Waals surface area (Å²) in [4.78, 5) is 0. The third kappa shape index (κ3) is 7.94. The Balaban J connectivity index is 1.27. The summed E-state index contributed by atoms with van der Waals surface area (Å²) >= 11 is 0. The second-order valence-corrected chi connectivity index (χ2v) is 15.0. The lowest BCUT2D eigenvalue weighted by atomic mass is 9.68. The number of hydrogen-bond acceptors (Lipinski definition) is 10. The molecule has 2 aliphatic carbocycles. The van der Waals surface area contributed by atoms with Crippen LogP contribution >= 0.6 is 0 Å². The number of hydrogen-bond donors (Lipinski definition) is 0. The number of fused-ring (bicyclic) bond motifs is 8. The normalized spacial score (nSPS) is 16.8. The number of allylic oxidation sites excluding steroid dienone is 2. The molecule has 340 valence electrons. The molecule has 0 unspecified atom stereocenters. The number of furan rings is 2. The molecule has 64 heavy (non-hydrogen) atoms. The molecule has 2 aliphatic rings. The molecular formula is C48H46F6O10. The van der Waals surface area contributed by atoms with E-state index in [1.165, 1.54) is 36.4 Å². The molecule has 0 saturated heterocycles. The van der Waals surface area contributed by atoms with E-state index in [4.69, 9.17) is 46.7 Å². The van der Waals surface area contributed by atoms with E-state index in [1.54, 1.807) is 74.9 Å². The summed E-state index contributed by atoms with van der Waals surface area (Å²) in [6.45, 7) is 3.44. The predicted molar refractivity (Wildman–Crippen MR) is 224 cm³/mol. The smallest absolute Gasteiger partial charge is 0.380 e. The van der Waals surface area contributed by atoms with Crippen LogP contribution in [0.25, 0.3) is 33.1 Å². The fraction of sp³-hybridized carbons (Fsp3) is 0.375. The van der Waals surface area contributed by atoms with Crippen molar-refractivity contribution >= 4 is 33.1 Å². The maximum absolute atomic E-state index is 16.8. The van der Waals surface area contributed by atoms with E-state index in [9.17, 15) is 0 Å². The highest BCUT2D eigenvalue weighted by atomic mass is 19.3. The Morgan fingerprint density at radius 3 is 1.17 bits per heavy atom. The van der Waals surface area contributed by atoms with Crippen LogP contribution in [0.15, 0.2) is 106 Å². The Kier molecular flexibility index (Phi) is 13.4. The third-order valence-corrected chi connectivity index (χ3v) is 11.2. The van der Waals surface area contributed by atoms with Gasteiger partial charge in [-0.2, -0.15) is 26.3 Å². The molecule has 2 heterocycles. The number of benzene rings is 4. The van der Waals surface area contributed by atoms with Crippen molar-refractivity contribution in [1.82, 2.24) is 0 Å². The summed E-state index contributed by atoms with van der Waals surface area (Å²) < 4.78 is 156. The zero-order chi connectivity index (χ0) is 45.0. The summed E-state index contributed by atoms with van der Waals surface area (Å²) in [6.07, 6.45) is 0. The standard InChI is InChI=1S/C48H46F6O10/c1-55-17-19-57-21-23-59-25-27-61-33-13-15-35-37(29-33)63-43-39(35)41-42(47(51,52)48(53,54)46(41,49)50)40-36-16-14-34(62-28-26-60-24-22-58-20-18-56-2)30-38(36)64-44(40)45(43,31-9-5-3-6-10-31)32-11-7-4-8-12-32/h3-16,29-30H,17-28H2,1-2H3. The average molecular weight is 897 g/mol. The zero-order valence-corrected chi connectivity index (χ0v) is 35.1. The lowest BCUT2D eigenvalue weighted by molar-refractivity contribution is -0.254. The molecular weight excluding hydrogens is 851 g/mol. The Morgan fingerprint density at radius 1 is 0.438 bits per heavy atom. The van der Waals surface area contributed by atoms with Crippen LogP contribution in [0.2, 0.25) is 0 Å². The molecule has 2 aromatic heterocycles. The molecule has 0 radical (unpaired) electrons. The second-order valence-electron chi connectivity index (χ2n) is 15.0. The van der Waals surface area contributed by atoms with E-state index < -0.39 is 45.5 Å². The lowest BCUT2D eigenvalue weighted by Crippen LogP contribution is -2.49. The minimum Gasteiger partial charge on any atom is -0.491 e. The molecule has 0 amide bonds. The van der Waals surface area contributed by atoms with Crippen LogP contribution in [0.3, 0.4) is 0 Å². The van der Waals surface area contributed by atoms with Gasteiger partial charge < -0.3 is 46.7 Å². The highest BCUT2D eigenvalue weighted by molar-refractivity contribution is 6.13. The van der Waals surface area contributed by atoms with Gasteiger partial charge in [0.1, 0.15) is 52.8 Å². The maximum Gasteiger partial charge on any atom is 0.380 e. The Labute approximate surface area is 364 Å². The first-order chi connectivity index (χ1) is 31.0. The van der Waals surface area contributed by atoms with Crippen molar-refractivity contribution in [1.29, 1.82) is 0 Å². The number of rotatable bonds is 22. The summed E-state index contributed by atoms with van der Waals surface area (Å²) in [5.41, 5.74) is -5.69. The first-order valence-electron chi connectivity index (χ1n) is 20.7. The zero-order valence-electron chi connectivity index (χ0n) is 35.1. The highest BCUT2D eigenvalue weighted by Crippen LogP contribution is 2.70. The Morgan fingerprint density at radius 2 is 0.797 bits per heavy atom. The van der Waals surface area contributed by atoms with Crippen molar-refractivity contribution in [2.24, 2.45) is 0 Å². The van der Waals surface area contributed by atoms with Crippen LogP contribution in [-0.2, 0) is 33.8 Å². The Hall–Kier alpha value is -5.36. The van der Waals surface area contributed by atoms with Crippen molar-refractivity contribution in [2.45, 2.75) is 23.2 Å². The molecule has 0 atom stereocenters. The van der Waals surface area contributed by atoms with Gasteiger partial charge in [0.2, 0.25) is 0 Å². The van der Waals surface area contributed by atoms with E-state index in [1.807, 2.05) is 0 Å². The third-order valence-electron chi connectivity index (χ3n) is 11.2. The number of methoxy groups -OCH3 is 2. The maximum atomic E-state index is 16.8. The predicted octanol–water partition coefficient (Wildman–Crippen LogP) is 9.82. The van der Waals surface area contributed by atoms with E-state index in [2.05, 4.69) is 0 Å². The first kappa shape index (κ1) is 45.2. The van der Waals surface area contributed by atoms with Crippen molar-refractivity contribution < 1.29 is 73.1 Å². The number of alkyl halides is 6. The van der Waals surface area contributed by atoms with Gasteiger partial charge in [-0.05, 0) is 35.4 Å². The topological polar surface area (TPSA) is 100 Å². The van der Waals surface area contributed by atoms with Gasteiger partial charge >= 0.3 is 17.8 Å². The molecule has 16 heteroatoms. The first-order valence-corrected chi connectivity index (χ1v) is 20.7. The van der Waals surface area contributed by atoms with Crippen LogP contribution in [-0.4, -0.2) is 111 Å². The lowest BCUT2D eigenvalue weighted by Gasteiger charge is -2.34.